The molecule has 4 rings (SSSR count). The number of rotatable bonds is 13. The van der Waals surface area contributed by atoms with Gasteiger partial charge in [0.1, 0.15) is 5.75 Å². The van der Waals surface area contributed by atoms with Gasteiger partial charge in [-0.05, 0) is 43.2 Å². The van der Waals surface area contributed by atoms with E-state index in [2.05, 4.69) is 9.17 Å². The monoisotopic (exact) mass is 727 g/mol. The molecule has 3 aromatic carbocycles. The number of alkyl halides is 3. The average molecular weight is 728 g/mol. The number of aromatic amines is 1. The molecule has 4 aromatic rings. The second-order valence-electron chi connectivity index (χ2n) is 9.61. The number of hydrogen-bond acceptors (Lipinski definition) is 10. The zero-order valence-corrected chi connectivity index (χ0v) is 28.3. The second-order valence-corrected chi connectivity index (χ2v) is 14.5. The molecule has 0 amide bonds. The van der Waals surface area contributed by atoms with Crippen molar-refractivity contribution in [2.75, 3.05) is 12.8 Å². The van der Waals surface area contributed by atoms with Crippen LogP contribution in [0.4, 0.5) is 13.2 Å². The van der Waals surface area contributed by atoms with Crippen LogP contribution >= 0.6 is 19.4 Å². The molecule has 0 atom stereocenters. The van der Waals surface area contributed by atoms with Gasteiger partial charge in [0, 0.05) is 25.4 Å². The third-order valence-electron chi connectivity index (χ3n) is 6.15. The summed E-state index contributed by atoms with van der Waals surface area (Å²) in [5.74, 6) is 0.151. The van der Waals surface area contributed by atoms with Crippen LogP contribution in [0.3, 0.4) is 0 Å². The smallest absolute Gasteiger partial charge is 0.508 e. The summed E-state index contributed by atoms with van der Waals surface area (Å²) in [6, 6.07) is 24.0. The highest BCUT2D eigenvalue weighted by Crippen LogP contribution is 2.49. The third kappa shape index (κ3) is 12.1. The number of H-pyrrole nitrogens is 1. The summed E-state index contributed by atoms with van der Waals surface area (Å²) in [5.41, 5.74) is -4.54. The normalized spacial score (nSPS) is 11.7. The molecule has 0 aliphatic carbocycles. The van der Waals surface area contributed by atoms with Gasteiger partial charge in [0.05, 0.1) is 31.0 Å². The number of phenols is 1. The molecule has 0 saturated carbocycles. The molecule has 2 N–H and O–H groups in total. The molecule has 0 fully saturated rings. The number of nitrogens with one attached hydrogen (secondary N) is 1. The molecule has 0 saturated heterocycles. The molecular formula is C30H32BF3N2O9PS2. The van der Waals surface area contributed by atoms with Crippen molar-refractivity contribution in [3.63, 3.8) is 0 Å². The van der Waals surface area contributed by atoms with Gasteiger partial charge in [0.25, 0.3) is 5.56 Å². The van der Waals surface area contributed by atoms with Crippen molar-refractivity contribution in [1.82, 2.24) is 9.55 Å². The molecule has 0 spiro atoms. The van der Waals surface area contributed by atoms with Crippen LogP contribution in [0.25, 0.3) is 0 Å². The Morgan fingerprint density at radius 1 is 0.917 bits per heavy atom. The Kier molecular flexibility index (Phi) is 15.4. The minimum Gasteiger partial charge on any atom is -0.508 e. The fourth-order valence-corrected chi connectivity index (χ4v) is 6.73. The van der Waals surface area contributed by atoms with Crippen LogP contribution in [0.1, 0.15) is 23.6 Å². The van der Waals surface area contributed by atoms with Crippen LogP contribution in [0.5, 0.6) is 5.75 Å². The van der Waals surface area contributed by atoms with E-state index >= 15 is 0 Å². The van der Waals surface area contributed by atoms with Gasteiger partial charge in [-0.25, -0.2) is 4.79 Å². The van der Waals surface area contributed by atoms with Gasteiger partial charge in [-0.1, -0.05) is 78.5 Å². The van der Waals surface area contributed by atoms with Crippen molar-refractivity contribution < 1.29 is 44.5 Å². The van der Waals surface area contributed by atoms with Gasteiger partial charge >= 0.3 is 28.9 Å². The van der Waals surface area contributed by atoms with E-state index < -0.39 is 41.7 Å². The Bertz CT molecular complexity index is 1850. The van der Waals surface area contributed by atoms with Gasteiger partial charge < -0.3 is 14.2 Å². The van der Waals surface area contributed by atoms with Crippen molar-refractivity contribution in [3.8, 4) is 5.75 Å². The fraction of sp³-hybridized carbons (Fsp3) is 0.267. The molecule has 3 radical (unpaired) electrons. The first-order valence-corrected chi connectivity index (χ1v) is 17.8. The summed E-state index contributed by atoms with van der Waals surface area (Å²) >= 11 is 1.29. The molecule has 0 aliphatic rings. The second kappa shape index (κ2) is 18.2. The molecule has 18 heteroatoms. The maximum absolute atomic E-state index is 12.9. The maximum Gasteiger partial charge on any atom is 0.523 e. The number of hydrogen-bond donors (Lipinski definition) is 2. The first-order chi connectivity index (χ1) is 22.1. The Hall–Kier alpha value is -3.60. The lowest BCUT2D eigenvalue weighted by atomic mass is 10.2. The predicted octanol–water partition coefficient (Wildman–Crippen LogP) is 5.82. The number of benzene rings is 3. The quantitative estimate of drug-likeness (QED) is 0.0566. The molecule has 48 heavy (non-hydrogen) atoms. The fourth-order valence-electron chi connectivity index (χ4n) is 3.71. The average Bonchev–Trinajstić information content (AvgIpc) is 3.02. The standard InChI is InChI=1S/C17H18F3O6PS.C13H14N2O3S.B/c18-17(19,20)28(22,23)26-11-12-27(21,24-13-15-7-3-1-4-8-15)25-14-16-9-5-2-6-10-16;1-3-15-12(8(2)11(17)14-13(15)18)19-10-6-4-5-9(16)7-10;/h1-10H,11-14H2;4-7,16H,3H2,1-2H3,(H,14,17,18);. The lowest BCUT2D eigenvalue weighted by Crippen LogP contribution is -2.32. The van der Waals surface area contributed by atoms with E-state index in [1.165, 1.54) is 16.3 Å². The topological polar surface area (TPSA) is 154 Å². The van der Waals surface area contributed by atoms with E-state index in [1.807, 2.05) is 13.0 Å². The zero-order valence-electron chi connectivity index (χ0n) is 25.8. The SMILES string of the molecule is CCn1c(Sc2cccc(O)c2)c(C)c(=O)[nH]c1=O.O=P(CCOS(=O)(=O)C(F)(F)F)(OCc1ccccc1)OCc1ccccc1.[B]. The van der Waals surface area contributed by atoms with Crippen molar-refractivity contribution in [1.29, 1.82) is 0 Å². The Morgan fingerprint density at radius 2 is 1.46 bits per heavy atom. The van der Waals surface area contributed by atoms with Crippen LogP contribution in [-0.2, 0) is 47.7 Å². The zero-order chi connectivity index (χ0) is 34.7. The van der Waals surface area contributed by atoms with E-state index in [4.69, 9.17) is 9.05 Å². The summed E-state index contributed by atoms with van der Waals surface area (Å²) in [6.07, 6.45) is -0.665. The molecular weight excluding hydrogens is 695 g/mol. The molecule has 1 heterocycles. The molecule has 11 nitrogen and oxygen atoms in total. The van der Waals surface area contributed by atoms with E-state index in [0.29, 0.717) is 28.3 Å². The van der Waals surface area contributed by atoms with Crippen molar-refractivity contribution in [2.45, 2.75) is 49.0 Å². The van der Waals surface area contributed by atoms with Crippen LogP contribution < -0.4 is 11.2 Å². The van der Waals surface area contributed by atoms with Crippen molar-refractivity contribution in [3.05, 3.63) is 122 Å². The van der Waals surface area contributed by atoms with Crippen LogP contribution in [0.2, 0.25) is 0 Å². The molecule has 1 aromatic heterocycles. The minimum atomic E-state index is -5.79. The van der Waals surface area contributed by atoms with E-state index in [0.717, 1.165) is 4.90 Å². The lowest BCUT2D eigenvalue weighted by molar-refractivity contribution is -0.0539. The molecule has 0 unspecified atom stereocenters. The number of aromatic hydroxyl groups is 1. The predicted molar refractivity (Wildman–Crippen MR) is 176 cm³/mol. The Labute approximate surface area is 281 Å². The van der Waals surface area contributed by atoms with Crippen LogP contribution in [0, 0.1) is 6.92 Å². The number of phenolic OH excluding ortho intramolecular Hbond substituents is 1. The molecule has 257 valence electrons. The third-order valence-corrected chi connectivity index (χ3v) is 10.2. The Balaban J connectivity index is 0.000000349. The summed E-state index contributed by atoms with van der Waals surface area (Å²) in [5, 5.41) is 10.0. The summed E-state index contributed by atoms with van der Waals surface area (Å²) < 4.78 is 87.9. The highest BCUT2D eigenvalue weighted by Gasteiger charge is 2.47. The van der Waals surface area contributed by atoms with E-state index in [1.54, 1.807) is 85.8 Å². The van der Waals surface area contributed by atoms with Crippen LogP contribution in [0.15, 0.2) is 104 Å². The highest BCUT2D eigenvalue weighted by molar-refractivity contribution is 7.99. The van der Waals surface area contributed by atoms with Gasteiger partial charge in [0.15, 0.2) is 0 Å². The summed E-state index contributed by atoms with van der Waals surface area (Å²) in [7, 11) is -9.73. The summed E-state index contributed by atoms with van der Waals surface area (Å²) in [4.78, 5) is 26.5. The Morgan fingerprint density at radius 3 is 1.94 bits per heavy atom. The number of aromatic nitrogens is 2. The van der Waals surface area contributed by atoms with E-state index in [-0.39, 0.29) is 32.9 Å². The molecule has 0 aliphatic heterocycles. The van der Waals surface area contributed by atoms with Gasteiger partial charge in [-0.2, -0.15) is 21.6 Å². The van der Waals surface area contributed by atoms with Crippen LogP contribution in [-0.4, -0.2) is 49.8 Å². The first kappa shape index (κ1) is 40.6. The minimum absolute atomic E-state index is 0. The largest absolute Gasteiger partial charge is 0.523 e. The van der Waals surface area contributed by atoms with Crippen molar-refractivity contribution in [2.24, 2.45) is 0 Å². The highest BCUT2D eigenvalue weighted by atomic mass is 32.2. The van der Waals surface area contributed by atoms with Gasteiger partial charge in [-0.3, -0.25) is 23.1 Å². The van der Waals surface area contributed by atoms with Crippen molar-refractivity contribution >= 4 is 37.9 Å². The number of halogens is 3. The number of nitrogens with zero attached hydrogens (tertiary/aromatic N) is 1. The molecule has 0 bridgehead atoms. The first-order valence-electron chi connectivity index (χ1n) is 13.9. The van der Waals surface area contributed by atoms with Gasteiger partial charge in [0.2, 0.25) is 0 Å². The maximum atomic E-state index is 12.9. The lowest BCUT2D eigenvalue weighted by Gasteiger charge is -2.19. The summed E-state index contributed by atoms with van der Waals surface area (Å²) in [6.45, 7) is 2.74. The van der Waals surface area contributed by atoms with Gasteiger partial charge in [-0.15, -0.1) is 0 Å². The van der Waals surface area contributed by atoms with E-state index in [9.17, 15) is 40.8 Å².